The molecule has 0 spiro atoms. The summed E-state index contributed by atoms with van der Waals surface area (Å²) < 4.78 is 1.07. The molecule has 0 radical (unpaired) electrons. The number of likely N-dealkylation sites (N-methyl/N-ethyl adjacent to an activating group) is 1. The number of halogens is 1. The van der Waals surface area contributed by atoms with Gasteiger partial charge in [0.1, 0.15) is 6.54 Å². The summed E-state index contributed by atoms with van der Waals surface area (Å²) in [6.07, 6.45) is 4.87. The first-order chi connectivity index (χ1) is 11.5. The molecule has 1 aliphatic rings. The number of rotatable bonds is 5. The number of hydrogen-bond donors (Lipinski definition) is 1. The van der Waals surface area contributed by atoms with Crippen LogP contribution in [-0.2, 0) is 11.3 Å². The maximum Gasteiger partial charge on any atom is 0.243 e. The van der Waals surface area contributed by atoms with Gasteiger partial charge in [0, 0.05) is 38.2 Å². The lowest BCUT2D eigenvalue weighted by molar-refractivity contribution is -0.127. The van der Waals surface area contributed by atoms with Crippen molar-refractivity contribution >= 4 is 27.8 Å². The predicted molar refractivity (Wildman–Crippen MR) is 102 cm³/mol. The molecule has 1 fully saturated rings. The van der Waals surface area contributed by atoms with E-state index in [2.05, 4.69) is 43.3 Å². The van der Waals surface area contributed by atoms with Gasteiger partial charge in [-0.3, -0.25) is 4.79 Å². The Balaban J connectivity index is 2.05. The zero-order valence-corrected chi connectivity index (χ0v) is 16.3. The summed E-state index contributed by atoms with van der Waals surface area (Å²) in [6.45, 7) is 0.925. The van der Waals surface area contributed by atoms with E-state index in [4.69, 9.17) is 0 Å². The summed E-state index contributed by atoms with van der Waals surface area (Å²) in [7, 11) is 5.53. The molecule has 1 aromatic carbocycles. The molecule has 0 saturated heterocycles. The normalized spacial score (nSPS) is 15.4. The lowest BCUT2D eigenvalue weighted by Gasteiger charge is -2.25. The van der Waals surface area contributed by atoms with Crippen LogP contribution >= 0.6 is 15.9 Å². The van der Waals surface area contributed by atoms with Gasteiger partial charge in [0.2, 0.25) is 5.91 Å². The van der Waals surface area contributed by atoms with E-state index < -0.39 is 0 Å². The van der Waals surface area contributed by atoms with E-state index in [1.54, 1.807) is 19.0 Å². The van der Waals surface area contributed by atoms with Gasteiger partial charge < -0.3 is 15.1 Å². The van der Waals surface area contributed by atoms with Gasteiger partial charge in [-0.25, -0.2) is 4.99 Å². The van der Waals surface area contributed by atoms with E-state index in [0.29, 0.717) is 6.04 Å². The number of carbonyl (C=O) groups is 1. The highest BCUT2D eigenvalue weighted by Crippen LogP contribution is 2.18. The quantitative estimate of drug-likeness (QED) is 0.616. The molecule has 0 atom stereocenters. The first-order valence-corrected chi connectivity index (χ1v) is 9.21. The first-order valence-electron chi connectivity index (χ1n) is 8.42. The Morgan fingerprint density at radius 2 is 1.83 bits per heavy atom. The Hall–Kier alpha value is -1.56. The summed E-state index contributed by atoms with van der Waals surface area (Å²) in [5.74, 6) is 0.817. The number of guanidine groups is 1. The highest BCUT2D eigenvalue weighted by molar-refractivity contribution is 9.10. The van der Waals surface area contributed by atoms with Crippen molar-refractivity contribution in [3.8, 4) is 0 Å². The van der Waals surface area contributed by atoms with Crippen LogP contribution in [0, 0.1) is 0 Å². The highest BCUT2D eigenvalue weighted by atomic mass is 79.9. The monoisotopic (exact) mass is 394 g/mol. The fourth-order valence-corrected chi connectivity index (χ4v) is 3.02. The van der Waals surface area contributed by atoms with Crippen molar-refractivity contribution in [3.63, 3.8) is 0 Å². The molecule has 0 bridgehead atoms. The average molecular weight is 395 g/mol. The van der Waals surface area contributed by atoms with E-state index in [0.717, 1.165) is 17.0 Å². The molecule has 2 rings (SSSR count). The van der Waals surface area contributed by atoms with Crippen LogP contribution in [0.4, 0.5) is 0 Å². The number of amides is 1. The van der Waals surface area contributed by atoms with Gasteiger partial charge in [0.25, 0.3) is 0 Å². The topological polar surface area (TPSA) is 47.9 Å². The average Bonchev–Trinajstić information content (AvgIpc) is 3.06. The molecular weight excluding hydrogens is 368 g/mol. The number of benzene rings is 1. The smallest absolute Gasteiger partial charge is 0.243 e. The molecule has 0 aromatic heterocycles. The molecule has 132 valence electrons. The largest absolute Gasteiger partial charge is 0.353 e. The zero-order valence-electron chi connectivity index (χ0n) is 14.8. The molecule has 1 amide bonds. The van der Waals surface area contributed by atoms with Crippen molar-refractivity contribution in [2.45, 2.75) is 38.3 Å². The van der Waals surface area contributed by atoms with Crippen LogP contribution in [0.25, 0.3) is 0 Å². The summed E-state index contributed by atoms with van der Waals surface area (Å²) >= 11 is 3.46. The molecule has 1 saturated carbocycles. The van der Waals surface area contributed by atoms with Crippen LogP contribution in [-0.4, -0.2) is 55.4 Å². The van der Waals surface area contributed by atoms with Gasteiger partial charge in [0.15, 0.2) is 5.96 Å². The number of carbonyl (C=O) groups excluding carboxylic acids is 1. The molecule has 0 aliphatic heterocycles. The second kappa shape index (κ2) is 9.06. The van der Waals surface area contributed by atoms with Crippen LogP contribution in [0.15, 0.2) is 33.7 Å². The second-order valence-electron chi connectivity index (χ2n) is 6.54. The standard InChI is InChI=1S/C18H27BrN4O/c1-22(2)17(24)12-20-18(21-16-6-4-5-7-16)23(3)13-14-8-10-15(19)11-9-14/h8-11,16H,4-7,12-13H2,1-3H3,(H,20,21). The highest BCUT2D eigenvalue weighted by Gasteiger charge is 2.18. The third-order valence-corrected chi connectivity index (χ3v) is 4.77. The zero-order chi connectivity index (χ0) is 17.5. The fourth-order valence-electron chi connectivity index (χ4n) is 2.75. The Morgan fingerprint density at radius 1 is 1.21 bits per heavy atom. The van der Waals surface area contributed by atoms with E-state index in [9.17, 15) is 4.79 Å². The third-order valence-electron chi connectivity index (χ3n) is 4.25. The number of hydrogen-bond acceptors (Lipinski definition) is 2. The molecule has 24 heavy (non-hydrogen) atoms. The Bertz CT molecular complexity index is 565. The van der Waals surface area contributed by atoms with E-state index in [1.807, 2.05) is 19.2 Å². The Morgan fingerprint density at radius 3 is 2.42 bits per heavy atom. The van der Waals surface area contributed by atoms with Crippen molar-refractivity contribution in [2.75, 3.05) is 27.7 Å². The summed E-state index contributed by atoms with van der Waals surface area (Å²) in [6, 6.07) is 8.74. The van der Waals surface area contributed by atoms with Crippen molar-refractivity contribution < 1.29 is 4.79 Å². The minimum absolute atomic E-state index is 0.0118. The lowest BCUT2D eigenvalue weighted by Crippen LogP contribution is -2.43. The number of nitrogens with one attached hydrogen (secondary N) is 1. The van der Waals surface area contributed by atoms with E-state index in [1.165, 1.54) is 31.2 Å². The van der Waals surface area contributed by atoms with Gasteiger partial charge in [-0.15, -0.1) is 0 Å². The molecule has 1 N–H and O–H groups in total. The number of aliphatic imine (C=N–C) groups is 1. The van der Waals surface area contributed by atoms with Crippen LogP contribution in [0.3, 0.4) is 0 Å². The minimum Gasteiger partial charge on any atom is -0.353 e. The van der Waals surface area contributed by atoms with Gasteiger partial charge in [-0.1, -0.05) is 40.9 Å². The molecule has 0 unspecified atom stereocenters. The van der Waals surface area contributed by atoms with E-state index >= 15 is 0 Å². The summed E-state index contributed by atoms with van der Waals surface area (Å²) in [4.78, 5) is 20.1. The van der Waals surface area contributed by atoms with E-state index in [-0.39, 0.29) is 12.5 Å². The van der Waals surface area contributed by atoms with Gasteiger partial charge >= 0.3 is 0 Å². The maximum atomic E-state index is 11.9. The molecule has 1 aliphatic carbocycles. The summed E-state index contributed by atoms with van der Waals surface area (Å²) in [5, 5.41) is 3.54. The number of nitrogens with zero attached hydrogens (tertiary/aromatic N) is 3. The van der Waals surface area contributed by atoms with Crippen molar-refractivity contribution in [3.05, 3.63) is 34.3 Å². The molecule has 6 heteroatoms. The van der Waals surface area contributed by atoms with Crippen LogP contribution in [0.2, 0.25) is 0 Å². The first kappa shape index (κ1) is 18.8. The van der Waals surface area contributed by atoms with Crippen LogP contribution in [0.1, 0.15) is 31.2 Å². The van der Waals surface area contributed by atoms with Gasteiger partial charge in [0.05, 0.1) is 0 Å². The van der Waals surface area contributed by atoms with Crippen molar-refractivity contribution in [1.82, 2.24) is 15.1 Å². The predicted octanol–water partition coefficient (Wildman–Crippen LogP) is 2.86. The lowest BCUT2D eigenvalue weighted by atomic mass is 10.2. The molecule has 5 nitrogen and oxygen atoms in total. The van der Waals surface area contributed by atoms with Crippen molar-refractivity contribution in [1.29, 1.82) is 0 Å². The van der Waals surface area contributed by atoms with Gasteiger partial charge in [-0.05, 0) is 30.5 Å². The molecule has 1 aromatic rings. The molecular formula is C18H27BrN4O. The summed E-state index contributed by atoms with van der Waals surface area (Å²) in [5.41, 5.74) is 1.21. The SMILES string of the molecule is CN(C)C(=O)CN=C(NC1CCCC1)N(C)Cc1ccc(Br)cc1. The molecule has 0 heterocycles. The van der Waals surface area contributed by atoms with Gasteiger partial charge in [-0.2, -0.15) is 0 Å². The third kappa shape index (κ3) is 5.82. The van der Waals surface area contributed by atoms with Crippen LogP contribution < -0.4 is 5.32 Å². The van der Waals surface area contributed by atoms with Crippen molar-refractivity contribution in [2.24, 2.45) is 4.99 Å². The minimum atomic E-state index is 0.0118. The fraction of sp³-hybridized carbons (Fsp3) is 0.556. The Labute approximate surface area is 153 Å². The maximum absolute atomic E-state index is 11.9. The second-order valence-corrected chi connectivity index (χ2v) is 7.45. The van der Waals surface area contributed by atoms with Crippen LogP contribution in [0.5, 0.6) is 0 Å². The Kier molecular flexibility index (Phi) is 7.09.